The summed E-state index contributed by atoms with van der Waals surface area (Å²) in [6.45, 7) is 1.99. The van der Waals surface area contributed by atoms with E-state index in [0.29, 0.717) is 12.2 Å². The van der Waals surface area contributed by atoms with E-state index in [1.54, 1.807) is 0 Å². The Hall–Kier alpha value is -1.71. The van der Waals surface area contributed by atoms with Gasteiger partial charge in [0, 0.05) is 19.3 Å². The zero-order valence-corrected chi connectivity index (χ0v) is 12.0. The van der Waals surface area contributed by atoms with Crippen molar-refractivity contribution in [3.05, 3.63) is 35.0 Å². The number of hydrogen-bond donors (Lipinski definition) is 1. The van der Waals surface area contributed by atoms with E-state index in [1.807, 2.05) is 19.1 Å². The lowest BCUT2D eigenvalue weighted by Crippen LogP contribution is -2.12. The minimum atomic E-state index is -0.959. The zero-order valence-electron chi connectivity index (χ0n) is 12.0. The molecule has 2 rings (SSSR count). The molecule has 0 unspecified atom stereocenters. The Labute approximate surface area is 119 Å². The van der Waals surface area contributed by atoms with Gasteiger partial charge < -0.3 is 14.6 Å². The van der Waals surface area contributed by atoms with E-state index < -0.39 is 5.97 Å². The summed E-state index contributed by atoms with van der Waals surface area (Å²) >= 11 is 0. The summed E-state index contributed by atoms with van der Waals surface area (Å²) in [6.07, 6.45) is 10.6. The van der Waals surface area contributed by atoms with Crippen LogP contribution in [0.5, 0.6) is 0 Å². The van der Waals surface area contributed by atoms with Crippen LogP contribution < -0.4 is 0 Å². The molecule has 20 heavy (non-hydrogen) atoms. The number of aliphatic carboxylic acids is 1. The molecule has 0 aromatic carbocycles. The van der Waals surface area contributed by atoms with E-state index in [-0.39, 0.29) is 12.2 Å². The smallest absolute Gasteiger partial charge is 0.338 e. The second kappa shape index (κ2) is 7.17. The van der Waals surface area contributed by atoms with Crippen molar-refractivity contribution in [1.29, 1.82) is 0 Å². The first-order chi connectivity index (χ1) is 9.70. The van der Waals surface area contributed by atoms with Gasteiger partial charge in [-0.3, -0.25) is 0 Å². The summed E-state index contributed by atoms with van der Waals surface area (Å²) in [4.78, 5) is 11.4. The van der Waals surface area contributed by atoms with Crippen LogP contribution in [-0.4, -0.2) is 17.7 Å². The molecule has 4 heteroatoms. The lowest BCUT2D eigenvalue weighted by Gasteiger charge is -2.14. The maximum absolute atomic E-state index is 11.4. The van der Waals surface area contributed by atoms with Gasteiger partial charge in [-0.2, -0.15) is 0 Å². The molecule has 0 aromatic rings. The summed E-state index contributed by atoms with van der Waals surface area (Å²) < 4.78 is 11.4. The second-order valence-electron chi connectivity index (χ2n) is 5.08. The molecule has 0 atom stereocenters. The Kier molecular flexibility index (Phi) is 5.27. The van der Waals surface area contributed by atoms with Crippen LogP contribution in [-0.2, 0) is 14.3 Å². The van der Waals surface area contributed by atoms with Gasteiger partial charge in [-0.05, 0) is 37.8 Å². The summed E-state index contributed by atoms with van der Waals surface area (Å²) in [5.74, 6) is 1.35. The summed E-state index contributed by atoms with van der Waals surface area (Å²) in [5.41, 5.74) is 0.230. The molecule has 0 bridgehead atoms. The number of carbonyl (C=O) groups is 1. The van der Waals surface area contributed by atoms with Crippen molar-refractivity contribution in [2.24, 2.45) is 0 Å². The second-order valence-corrected chi connectivity index (χ2v) is 5.08. The molecular weight excluding hydrogens is 256 g/mol. The predicted molar refractivity (Wildman–Crippen MR) is 75.9 cm³/mol. The first-order valence-electron chi connectivity index (χ1n) is 7.34. The van der Waals surface area contributed by atoms with Gasteiger partial charge in [-0.25, -0.2) is 4.79 Å². The fourth-order valence-electron chi connectivity index (χ4n) is 2.44. The first-order valence-corrected chi connectivity index (χ1v) is 7.34. The Morgan fingerprint density at radius 3 is 2.35 bits per heavy atom. The maximum atomic E-state index is 11.4. The SMILES string of the molecule is CCC(OC1=CCCC1)=C(COC1=CCCC1)C(=O)O. The topological polar surface area (TPSA) is 55.8 Å². The number of allylic oxidation sites excluding steroid dienone is 5. The largest absolute Gasteiger partial charge is 0.493 e. The van der Waals surface area contributed by atoms with Crippen LogP contribution >= 0.6 is 0 Å². The molecule has 2 aliphatic carbocycles. The van der Waals surface area contributed by atoms with Crippen LogP contribution in [0.1, 0.15) is 51.9 Å². The van der Waals surface area contributed by atoms with Gasteiger partial charge in [0.25, 0.3) is 0 Å². The third-order valence-electron chi connectivity index (χ3n) is 3.57. The van der Waals surface area contributed by atoms with Gasteiger partial charge in [0.1, 0.15) is 17.9 Å². The number of rotatable bonds is 7. The zero-order chi connectivity index (χ0) is 14.4. The van der Waals surface area contributed by atoms with Crippen LogP contribution in [0.25, 0.3) is 0 Å². The molecule has 0 aromatic heterocycles. The van der Waals surface area contributed by atoms with E-state index in [2.05, 4.69) is 0 Å². The van der Waals surface area contributed by atoms with Gasteiger partial charge in [0.2, 0.25) is 0 Å². The molecule has 0 aliphatic heterocycles. The average Bonchev–Trinajstić information content (AvgIpc) is 3.09. The first kappa shape index (κ1) is 14.7. The van der Waals surface area contributed by atoms with Crippen molar-refractivity contribution in [2.45, 2.75) is 51.9 Å². The minimum Gasteiger partial charge on any atom is -0.493 e. The molecule has 0 fully saturated rings. The van der Waals surface area contributed by atoms with E-state index in [0.717, 1.165) is 50.0 Å². The quantitative estimate of drug-likeness (QED) is 0.566. The summed E-state index contributed by atoms with van der Waals surface area (Å²) in [7, 11) is 0. The van der Waals surface area contributed by atoms with E-state index in [4.69, 9.17) is 9.47 Å². The van der Waals surface area contributed by atoms with Crippen LogP contribution in [0.15, 0.2) is 35.0 Å². The molecule has 0 saturated carbocycles. The van der Waals surface area contributed by atoms with Crippen LogP contribution in [0.4, 0.5) is 0 Å². The summed E-state index contributed by atoms with van der Waals surface area (Å²) in [5, 5.41) is 9.37. The molecule has 1 N–H and O–H groups in total. The molecule has 0 heterocycles. The lowest BCUT2D eigenvalue weighted by molar-refractivity contribution is -0.133. The van der Waals surface area contributed by atoms with E-state index in [1.165, 1.54) is 0 Å². The minimum absolute atomic E-state index is 0.0810. The number of carboxylic acid groups (broad SMARTS) is 1. The van der Waals surface area contributed by atoms with Gasteiger partial charge >= 0.3 is 5.97 Å². The number of carboxylic acids is 1. The molecule has 4 nitrogen and oxygen atoms in total. The third kappa shape index (κ3) is 3.89. The van der Waals surface area contributed by atoms with Crippen molar-refractivity contribution < 1.29 is 19.4 Å². The predicted octanol–water partition coefficient (Wildman–Crippen LogP) is 3.90. The normalized spacial score (nSPS) is 19.2. The van der Waals surface area contributed by atoms with Gasteiger partial charge in [-0.15, -0.1) is 0 Å². The van der Waals surface area contributed by atoms with Crippen LogP contribution in [0.3, 0.4) is 0 Å². The molecule has 110 valence electrons. The molecule has 2 aliphatic rings. The lowest BCUT2D eigenvalue weighted by atomic mass is 10.2. The Balaban J connectivity index is 2.05. The number of ether oxygens (including phenoxy) is 2. The van der Waals surface area contributed by atoms with E-state index in [9.17, 15) is 9.90 Å². The van der Waals surface area contributed by atoms with Crippen molar-refractivity contribution >= 4 is 5.97 Å². The van der Waals surface area contributed by atoms with E-state index >= 15 is 0 Å². The summed E-state index contributed by atoms with van der Waals surface area (Å²) in [6, 6.07) is 0. The monoisotopic (exact) mass is 278 g/mol. The Bertz CT molecular complexity index is 457. The molecule has 0 amide bonds. The van der Waals surface area contributed by atoms with Crippen molar-refractivity contribution in [2.75, 3.05) is 6.61 Å². The third-order valence-corrected chi connectivity index (χ3v) is 3.57. The van der Waals surface area contributed by atoms with Crippen LogP contribution in [0.2, 0.25) is 0 Å². The highest BCUT2D eigenvalue weighted by molar-refractivity contribution is 5.87. The Morgan fingerprint density at radius 2 is 1.85 bits per heavy atom. The number of hydrogen-bond acceptors (Lipinski definition) is 3. The fourth-order valence-corrected chi connectivity index (χ4v) is 2.44. The maximum Gasteiger partial charge on any atom is 0.338 e. The average molecular weight is 278 g/mol. The fraction of sp³-hybridized carbons (Fsp3) is 0.562. The molecule has 0 saturated heterocycles. The molecular formula is C16H22O4. The molecule has 0 spiro atoms. The molecule has 0 radical (unpaired) electrons. The van der Waals surface area contributed by atoms with Gasteiger partial charge in [-0.1, -0.05) is 6.92 Å². The van der Waals surface area contributed by atoms with Crippen LogP contribution in [0, 0.1) is 0 Å². The standard InChI is InChI=1S/C16H22O4/c1-2-15(20-13-9-5-6-10-13)14(16(17)18)11-19-12-7-3-4-8-12/h7,9H,2-6,8,10-11H2,1H3,(H,17,18). The van der Waals surface area contributed by atoms with Crippen molar-refractivity contribution in [3.63, 3.8) is 0 Å². The highest BCUT2D eigenvalue weighted by atomic mass is 16.5. The highest BCUT2D eigenvalue weighted by Gasteiger charge is 2.19. The van der Waals surface area contributed by atoms with Crippen molar-refractivity contribution in [1.82, 2.24) is 0 Å². The Morgan fingerprint density at radius 1 is 1.20 bits per heavy atom. The highest BCUT2D eigenvalue weighted by Crippen LogP contribution is 2.25. The van der Waals surface area contributed by atoms with Crippen molar-refractivity contribution in [3.8, 4) is 0 Å². The van der Waals surface area contributed by atoms with Gasteiger partial charge in [0.15, 0.2) is 0 Å². The van der Waals surface area contributed by atoms with Gasteiger partial charge in [0.05, 0.1) is 11.5 Å².